The average Bonchev–Trinajstić information content (AvgIpc) is 2.47. The van der Waals surface area contributed by atoms with Crippen LogP contribution in [-0.2, 0) is 0 Å². The Hall–Kier alpha value is -0.550. The number of H-pyrrole nitrogens is 1. The molecule has 0 saturated heterocycles. The molecule has 1 atom stereocenters. The minimum Gasteiger partial charge on any atom is -0.321 e. The molecule has 1 aromatic heterocycles. The minimum absolute atomic E-state index is 0.0256. The van der Waals surface area contributed by atoms with Crippen LogP contribution in [0.1, 0.15) is 24.1 Å². The number of aryl methyl sites for hydroxylation is 1. The first-order valence-electron chi connectivity index (χ1n) is 3.87. The van der Waals surface area contributed by atoms with Gasteiger partial charge >= 0.3 is 0 Å². The van der Waals surface area contributed by atoms with Crippen LogP contribution in [0.15, 0.2) is 0 Å². The van der Waals surface area contributed by atoms with Gasteiger partial charge in [-0.1, -0.05) is 0 Å². The van der Waals surface area contributed by atoms with E-state index in [1.54, 1.807) is 11.8 Å². The van der Waals surface area contributed by atoms with Crippen LogP contribution in [-0.4, -0.2) is 27.2 Å². The fraction of sp³-hybridized carbons (Fsp3) is 0.714. The summed E-state index contributed by atoms with van der Waals surface area (Å²) in [5.41, 5.74) is 5.84. The normalized spacial score (nSPS) is 13.2. The van der Waals surface area contributed by atoms with Crippen LogP contribution in [0.25, 0.3) is 0 Å². The number of rotatable bonds is 4. The van der Waals surface area contributed by atoms with E-state index in [0.717, 1.165) is 23.8 Å². The maximum atomic E-state index is 5.84. The van der Waals surface area contributed by atoms with Gasteiger partial charge in [0.25, 0.3) is 0 Å². The maximum absolute atomic E-state index is 5.84. The molecule has 0 aromatic carbocycles. The Kier molecular flexibility index (Phi) is 3.55. The number of aromatic nitrogens is 3. The number of nitrogens with two attached hydrogens (primary N) is 1. The fourth-order valence-corrected chi connectivity index (χ4v) is 1.39. The number of hydrogen-bond acceptors (Lipinski definition) is 4. The molecule has 68 valence electrons. The van der Waals surface area contributed by atoms with Crippen molar-refractivity contribution in [3.05, 3.63) is 11.6 Å². The molecule has 4 nitrogen and oxygen atoms in total. The second kappa shape index (κ2) is 4.47. The molecule has 0 radical (unpaired) electrons. The topological polar surface area (TPSA) is 67.6 Å². The number of nitrogens with one attached hydrogen (secondary N) is 1. The summed E-state index contributed by atoms with van der Waals surface area (Å²) in [6.45, 7) is 1.87. The van der Waals surface area contributed by atoms with Gasteiger partial charge in [0.05, 0.1) is 6.04 Å². The SMILES string of the molecule is CSCC[C@H](N)c1n[nH]c(C)n1. The molecule has 1 heterocycles. The molecule has 0 amide bonds. The van der Waals surface area contributed by atoms with E-state index in [1.165, 1.54) is 0 Å². The molecule has 0 unspecified atom stereocenters. The van der Waals surface area contributed by atoms with Crippen LogP contribution in [0, 0.1) is 6.92 Å². The van der Waals surface area contributed by atoms with Crippen LogP contribution in [0.5, 0.6) is 0 Å². The van der Waals surface area contributed by atoms with Crippen molar-refractivity contribution >= 4 is 11.8 Å². The predicted molar refractivity (Wildman–Crippen MR) is 51.0 cm³/mol. The van der Waals surface area contributed by atoms with Crippen molar-refractivity contribution in [1.29, 1.82) is 0 Å². The van der Waals surface area contributed by atoms with Crippen molar-refractivity contribution in [1.82, 2.24) is 15.2 Å². The third kappa shape index (κ3) is 2.49. The van der Waals surface area contributed by atoms with Gasteiger partial charge in [-0.15, -0.1) is 0 Å². The first kappa shape index (κ1) is 9.54. The molecule has 0 spiro atoms. The molecular weight excluding hydrogens is 172 g/mol. The van der Waals surface area contributed by atoms with Gasteiger partial charge in [-0.2, -0.15) is 16.9 Å². The predicted octanol–water partition coefficient (Wildman–Crippen LogP) is 0.866. The molecule has 0 aliphatic carbocycles. The summed E-state index contributed by atoms with van der Waals surface area (Å²) in [6, 6.07) is -0.0256. The molecule has 3 N–H and O–H groups in total. The highest BCUT2D eigenvalue weighted by Gasteiger charge is 2.09. The Morgan fingerprint density at radius 2 is 2.42 bits per heavy atom. The second-order valence-corrected chi connectivity index (χ2v) is 3.65. The lowest BCUT2D eigenvalue weighted by molar-refractivity contribution is 0.657. The lowest BCUT2D eigenvalue weighted by Gasteiger charge is -2.04. The average molecular weight is 186 g/mol. The molecule has 0 saturated carbocycles. The summed E-state index contributed by atoms with van der Waals surface area (Å²) in [5, 5.41) is 6.78. The van der Waals surface area contributed by atoms with Crippen LogP contribution in [0.3, 0.4) is 0 Å². The van der Waals surface area contributed by atoms with Gasteiger partial charge in [-0.3, -0.25) is 5.10 Å². The van der Waals surface area contributed by atoms with Crippen molar-refractivity contribution < 1.29 is 0 Å². The summed E-state index contributed by atoms with van der Waals surface area (Å²) in [7, 11) is 0. The van der Waals surface area contributed by atoms with E-state index in [0.29, 0.717) is 0 Å². The Morgan fingerprint density at radius 1 is 1.67 bits per heavy atom. The zero-order valence-electron chi connectivity index (χ0n) is 7.37. The van der Waals surface area contributed by atoms with Crippen LogP contribution in [0.2, 0.25) is 0 Å². The Balaban J connectivity index is 2.47. The first-order chi connectivity index (χ1) is 5.74. The highest BCUT2D eigenvalue weighted by molar-refractivity contribution is 7.98. The molecule has 5 heteroatoms. The van der Waals surface area contributed by atoms with Gasteiger partial charge in [-0.05, 0) is 25.4 Å². The van der Waals surface area contributed by atoms with Gasteiger partial charge < -0.3 is 5.73 Å². The van der Waals surface area contributed by atoms with Crippen molar-refractivity contribution in [3.8, 4) is 0 Å². The zero-order valence-corrected chi connectivity index (χ0v) is 8.19. The summed E-state index contributed by atoms with van der Waals surface area (Å²) >= 11 is 1.79. The number of aromatic amines is 1. The summed E-state index contributed by atoms with van der Waals surface area (Å²) in [6.07, 6.45) is 2.99. The van der Waals surface area contributed by atoms with Gasteiger partial charge in [0.15, 0.2) is 5.82 Å². The van der Waals surface area contributed by atoms with Crippen molar-refractivity contribution in [2.45, 2.75) is 19.4 Å². The molecule has 12 heavy (non-hydrogen) atoms. The molecular formula is C7H14N4S. The minimum atomic E-state index is -0.0256. The summed E-state index contributed by atoms with van der Waals surface area (Å²) in [4.78, 5) is 4.16. The molecule has 1 aromatic rings. The number of nitrogens with zero attached hydrogens (tertiary/aromatic N) is 2. The van der Waals surface area contributed by atoms with Crippen LogP contribution >= 0.6 is 11.8 Å². The van der Waals surface area contributed by atoms with E-state index in [9.17, 15) is 0 Å². The van der Waals surface area contributed by atoms with Gasteiger partial charge in [0.1, 0.15) is 5.82 Å². The molecule has 0 aliphatic rings. The number of hydrogen-bond donors (Lipinski definition) is 2. The quantitative estimate of drug-likeness (QED) is 0.732. The lowest BCUT2D eigenvalue weighted by Crippen LogP contribution is -2.12. The van der Waals surface area contributed by atoms with E-state index in [-0.39, 0.29) is 6.04 Å². The van der Waals surface area contributed by atoms with Crippen LogP contribution in [0.4, 0.5) is 0 Å². The highest BCUT2D eigenvalue weighted by atomic mass is 32.2. The van der Waals surface area contributed by atoms with Crippen molar-refractivity contribution in [3.63, 3.8) is 0 Å². The molecule has 0 bridgehead atoms. The third-order valence-corrected chi connectivity index (χ3v) is 2.22. The van der Waals surface area contributed by atoms with Gasteiger partial charge in [0.2, 0.25) is 0 Å². The van der Waals surface area contributed by atoms with Crippen molar-refractivity contribution in [2.75, 3.05) is 12.0 Å². The van der Waals surface area contributed by atoms with E-state index < -0.39 is 0 Å². The van der Waals surface area contributed by atoms with Crippen LogP contribution < -0.4 is 5.73 Å². The molecule has 0 aliphatic heterocycles. The highest BCUT2D eigenvalue weighted by Crippen LogP contribution is 2.11. The van der Waals surface area contributed by atoms with Crippen molar-refractivity contribution in [2.24, 2.45) is 5.73 Å². The first-order valence-corrected chi connectivity index (χ1v) is 5.27. The Bertz CT molecular complexity index is 235. The fourth-order valence-electron chi connectivity index (χ4n) is 0.900. The van der Waals surface area contributed by atoms with E-state index in [2.05, 4.69) is 21.4 Å². The van der Waals surface area contributed by atoms with E-state index >= 15 is 0 Å². The Labute approximate surface area is 76.3 Å². The summed E-state index contributed by atoms with van der Waals surface area (Å²) in [5.74, 6) is 2.60. The van der Waals surface area contributed by atoms with Gasteiger partial charge in [0, 0.05) is 0 Å². The zero-order chi connectivity index (χ0) is 8.97. The maximum Gasteiger partial charge on any atom is 0.167 e. The largest absolute Gasteiger partial charge is 0.321 e. The van der Waals surface area contributed by atoms with E-state index in [4.69, 9.17) is 5.73 Å². The standard InChI is InChI=1S/C7H14N4S/c1-5-9-7(11-10-5)6(8)3-4-12-2/h6H,3-4,8H2,1-2H3,(H,9,10,11)/t6-/m0/s1. The summed E-state index contributed by atoms with van der Waals surface area (Å²) < 4.78 is 0. The molecule has 0 fully saturated rings. The monoisotopic (exact) mass is 186 g/mol. The Morgan fingerprint density at radius 3 is 2.92 bits per heavy atom. The van der Waals surface area contributed by atoms with Gasteiger partial charge in [-0.25, -0.2) is 4.98 Å². The number of thioether (sulfide) groups is 1. The third-order valence-electron chi connectivity index (χ3n) is 1.58. The second-order valence-electron chi connectivity index (χ2n) is 2.67. The lowest BCUT2D eigenvalue weighted by atomic mass is 10.2. The smallest absolute Gasteiger partial charge is 0.167 e. The molecule has 1 rings (SSSR count). The van der Waals surface area contributed by atoms with E-state index in [1.807, 2.05) is 6.92 Å².